The second kappa shape index (κ2) is 6.85. The van der Waals surface area contributed by atoms with Crippen molar-refractivity contribution in [2.45, 2.75) is 19.4 Å². The smallest absolute Gasteiger partial charge is 0.326 e. The molecule has 0 aliphatic rings. The van der Waals surface area contributed by atoms with Crippen LogP contribution in [-0.4, -0.2) is 41.1 Å². The molecule has 0 saturated carbocycles. The number of nitrogens with zero attached hydrogens (tertiary/aromatic N) is 1. The standard InChI is InChI=1S/C12H13ClN2O5/c1-6-3-7(4-9(13)14-6)11(17)15-8(12(18)19)5-10(16)20-2/h3-4,8H,5H2,1-2H3,(H,15,17)(H,18,19)/t8-/m0/s1. The highest BCUT2D eigenvalue weighted by Gasteiger charge is 2.24. The number of aromatic nitrogens is 1. The monoisotopic (exact) mass is 300 g/mol. The first-order valence-corrected chi connectivity index (χ1v) is 5.96. The van der Waals surface area contributed by atoms with Crippen molar-refractivity contribution in [3.8, 4) is 0 Å². The molecule has 1 aromatic heterocycles. The van der Waals surface area contributed by atoms with Gasteiger partial charge in [-0.15, -0.1) is 0 Å². The van der Waals surface area contributed by atoms with Crippen molar-refractivity contribution in [3.05, 3.63) is 28.5 Å². The predicted molar refractivity (Wildman–Crippen MR) is 69.5 cm³/mol. The number of carboxylic acid groups (broad SMARTS) is 1. The van der Waals surface area contributed by atoms with E-state index in [1.54, 1.807) is 6.92 Å². The van der Waals surface area contributed by atoms with Crippen LogP contribution in [0.15, 0.2) is 12.1 Å². The Balaban J connectivity index is 2.85. The Morgan fingerprint density at radius 2 is 2.10 bits per heavy atom. The SMILES string of the molecule is COC(=O)C[C@H](NC(=O)c1cc(C)nc(Cl)c1)C(=O)O. The van der Waals surface area contributed by atoms with Gasteiger partial charge >= 0.3 is 11.9 Å². The van der Waals surface area contributed by atoms with Crippen molar-refractivity contribution in [1.29, 1.82) is 0 Å². The van der Waals surface area contributed by atoms with Crippen molar-refractivity contribution in [2.75, 3.05) is 7.11 Å². The Labute approximate surface area is 119 Å². The minimum Gasteiger partial charge on any atom is -0.480 e. The predicted octanol–water partition coefficient (Wildman–Crippen LogP) is 0.790. The summed E-state index contributed by atoms with van der Waals surface area (Å²) in [6, 6.07) is 1.39. The Morgan fingerprint density at radius 1 is 1.45 bits per heavy atom. The molecule has 108 valence electrons. The minimum atomic E-state index is -1.37. The third kappa shape index (κ3) is 4.51. The number of carbonyl (C=O) groups excluding carboxylic acids is 2. The van der Waals surface area contributed by atoms with E-state index in [1.807, 2.05) is 0 Å². The molecule has 1 rings (SSSR count). The zero-order chi connectivity index (χ0) is 15.3. The molecule has 20 heavy (non-hydrogen) atoms. The lowest BCUT2D eigenvalue weighted by Gasteiger charge is -2.13. The molecule has 0 spiro atoms. The summed E-state index contributed by atoms with van der Waals surface area (Å²) in [5, 5.41) is 11.3. The summed E-state index contributed by atoms with van der Waals surface area (Å²) in [5.41, 5.74) is 0.682. The van der Waals surface area contributed by atoms with Crippen molar-refractivity contribution in [1.82, 2.24) is 10.3 Å². The van der Waals surface area contributed by atoms with Gasteiger partial charge in [0.15, 0.2) is 0 Å². The number of aryl methyl sites for hydroxylation is 1. The molecule has 0 aliphatic carbocycles. The average molecular weight is 301 g/mol. The van der Waals surface area contributed by atoms with Gasteiger partial charge in [-0.2, -0.15) is 0 Å². The van der Waals surface area contributed by atoms with E-state index in [1.165, 1.54) is 12.1 Å². The number of halogens is 1. The van der Waals surface area contributed by atoms with Crippen molar-refractivity contribution >= 4 is 29.4 Å². The minimum absolute atomic E-state index is 0.120. The highest BCUT2D eigenvalue weighted by molar-refractivity contribution is 6.29. The number of nitrogens with one attached hydrogen (secondary N) is 1. The highest BCUT2D eigenvalue weighted by Crippen LogP contribution is 2.11. The van der Waals surface area contributed by atoms with Crippen LogP contribution in [0.1, 0.15) is 22.5 Å². The molecule has 1 heterocycles. The van der Waals surface area contributed by atoms with Gasteiger partial charge in [0.25, 0.3) is 5.91 Å². The zero-order valence-corrected chi connectivity index (χ0v) is 11.6. The second-order valence-electron chi connectivity index (χ2n) is 3.96. The Morgan fingerprint density at radius 3 is 2.60 bits per heavy atom. The molecule has 0 aromatic carbocycles. The van der Waals surface area contributed by atoms with Gasteiger partial charge in [-0.1, -0.05) is 11.6 Å². The molecule has 8 heteroatoms. The summed E-state index contributed by atoms with van der Waals surface area (Å²) in [5.74, 6) is -2.73. The topological polar surface area (TPSA) is 106 Å². The first-order chi connectivity index (χ1) is 9.33. The molecule has 0 saturated heterocycles. The van der Waals surface area contributed by atoms with Crippen LogP contribution < -0.4 is 5.32 Å². The molecule has 1 amide bonds. The molecule has 0 fully saturated rings. The van der Waals surface area contributed by atoms with Crippen LogP contribution in [0.5, 0.6) is 0 Å². The van der Waals surface area contributed by atoms with E-state index in [0.717, 1.165) is 7.11 Å². The molecule has 2 N–H and O–H groups in total. The summed E-state index contributed by atoms with van der Waals surface area (Å²) in [6.45, 7) is 1.64. The van der Waals surface area contributed by atoms with Crippen LogP contribution in [0.25, 0.3) is 0 Å². The van der Waals surface area contributed by atoms with Crippen LogP contribution in [0.3, 0.4) is 0 Å². The first-order valence-electron chi connectivity index (χ1n) is 5.58. The van der Waals surface area contributed by atoms with Gasteiger partial charge in [0.2, 0.25) is 0 Å². The Bertz CT molecular complexity index is 526. The van der Waals surface area contributed by atoms with Gasteiger partial charge in [-0.25, -0.2) is 9.78 Å². The summed E-state index contributed by atoms with van der Waals surface area (Å²) < 4.78 is 4.37. The van der Waals surface area contributed by atoms with Crippen molar-refractivity contribution in [2.24, 2.45) is 0 Å². The highest BCUT2D eigenvalue weighted by atomic mass is 35.5. The third-order valence-electron chi connectivity index (χ3n) is 2.39. The molecule has 7 nitrogen and oxygen atoms in total. The van der Waals surface area contributed by atoms with Crippen LogP contribution in [0, 0.1) is 6.92 Å². The fraction of sp³-hybridized carbons (Fsp3) is 0.333. The Hall–Kier alpha value is -2.15. The maximum Gasteiger partial charge on any atom is 0.326 e. The number of hydrogen-bond donors (Lipinski definition) is 2. The van der Waals surface area contributed by atoms with Crippen LogP contribution in [0.4, 0.5) is 0 Å². The van der Waals surface area contributed by atoms with Crippen molar-refractivity contribution < 1.29 is 24.2 Å². The quantitative estimate of drug-likeness (QED) is 0.615. The van der Waals surface area contributed by atoms with Gasteiger partial charge in [-0.3, -0.25) is 9.59 Å². The number of aliphatic carboxylic acids is 1. The van der Waals surface area contributed by atoms with E-state index < -0.39 is 30.3 Å². The van der Waals surface area contributed by atoms with Gasteiger partial charge in [0.05, 0.1) is 13.5 Å². The van der Waals surface area contributed by atoms with E-state index in [9.17, 15) is 14.4 Å². The van der Waals surface area contributed by atoms with E-state index in [4.69, 9.17) is 16.7 Å². The number of rotatable bonds is 5. The summed E-state index contributed by atoms with van der Waals surface area (Å²) in [7, 11) is 1.13. The fourth-order valence-corrected chi connectivity index (χ4v) is 1.70. The van der Waals surface area contributed by atoms with Gasteiger partial charge in [0, 0.05) is 11.3 Å². The molecular formula is C12H13ClN2O5. The lowest BCUT2D eigenvalue weighted by Crippen LogP contribution is -2.42. The lowest BCUT2D eigenvalue weighted by atomic mass is 10.1. The zero-order valence-electron chi connectivity index (χ0n) is 10.8. The molecular weight excluding hydrogens is 288 g/mol. The van der Waals surface area contributed by atoms with E-state index in [0.29, 0.717) is 5.69 Å². The van der Waals surface area contributed by atoms with Crippen LogP contribution in [0.2, 0.25) is 5.15 Å². The third-order valence-corrected chi connectivity index (χ3v) is 2.58. The molecule has 0 unspecified atom stereocenters. The first kappa shape index (κ1) is 15.9. The van der Waals surface area contributed by atoms with E-state index in [-0.39, 0.29) is 10.7 Å². The molecule has 0 aliphatic heterocycles. The van der Waals surface area contributed by atoms with E-state index in [2.05, 4.69) is 15.0 Å². The van der Waals surface area contributed by atoms with Gasteiger partial charge in [-0.05, 0) is 19.1 Å². The maximum absolute atomic E-state index is 11.9. The summed E-state index contributed by atoms with van der Waals surface area (Å²) >= 11 is 5.72. The van der Waals surface area contributed by atoms with Crippen LogP contribution >= 0.6 is 11.6 Å². The molecule has 1 aromatic rings. The number of carbonyl (C=O) groups is 3. The molecule has 0 bridgehead atoms. The van der Waals surface area contributed by atoms with Gasteiger partial charge in [0.1, 0.15) is 11.2 Å². The second-order valence-corrected chi connectivity index (χ2v) is 4.35. The maximum atomic E-state index is 11.9. The number of esters is 1. The molecule has 1 atom stereocenters. The number of hydrogen-bond acceptors (Lipinski definition) is 5. The summed E-state index contributed by atoms with van der Waals surface area (Å²) in [6.07, 6.45) is -0.463. The number of carboxylic acids is 1. The normalized spacial score (nSPS) is 11.6. The average Bonchev–Trinajstić information content (AvgIpc) is 2.36. The van der Waals surface area contributed by atoms with E-state index >= 15 is 0 Å². The number of methoxy groups -OCH3 is 1. The largest absolute Gasteiger partial charge is 0.480 e. The number of amides is 1. The van der Waals surface area contributed by atoms with Crippen LogP contribution in [-0.2, 0) is 14.3 Å². The number of ether oxygens (including phenoxy) is 1. The van der Waals surface area contributed by atoms with Gasteiger partial charge < -0.3 is 15.2 Å². The summed E-state index contributed by atoms with van der Waals surface area (Å²) in [4.78, 5) is 37.9. The van der Waals surface area contributed by atoms with Crippen molar-refractivity contribution in [3.63, 3.8) is 0 Å². The Kier molecular flexibility index (Phi) is 5.45. The lowest BCUT2D eigenvalue weighted by molar-refractivity contribution is -0.147. The molecule has 0 radical (unpaired) electrons. The number of pyridine rings is 1. The fourth-order valence-electron chi connectivity index (χ4n) is 1.45.